The number of carbonyl (C=O) groups is 1. The van der Waals surface area contributed by atoms with Crippen LogP contribution in [0.25, 0.3) is 11.3 Å². The summed E-state index contributed by atoms with van der Waals surface area (Å²) in [6, 6.07) is 19.4. The standard InChI is InChI=1S/C20H18ClN3O3/c21-16-8-6-15(7-9-16)18-10-11-20(26)24(23-18)14-19(25)22-12-13-27-17-4-2-1-3-5-17/h1-11H,12-14H2,(H,22,25). The van der Waals surface area contributed by atoms with Gasteiger partial charge in [0, 0.05) is 16.7 Å². The topological polar surface area (TPSA) is 73.2 Å². The summed E-state index contributed by atoms with van der Waals surface area (Å²) in [5.74, 6) is 0.426. The van der Waals surface area contributed by atoms with E-state index < -0.39 is 0 Å². The van der Waals surface area contributed by atoms with E-state index in [-0.39, 0.29) is 18.0 Å². The van der Waals surface area contributed by atoms with Crippen molar-refractivity contribution in [2.24, 2.45) is 0 Å². The summed E-state index contributed by atoms with van der Waals surface area (Å²) in [7, 11) is 0. The van der Waals surface area contributed by atoms with Gasteiger partial charge in [0.15, 0.2) is 0 Å². The van der Waals surface area contributed by atoms with Gasteiger partial charge in [0.05, 0.1) is 12.2 Å². The van der Waals surface area contributed by atoms with E-state index in [0.29, 0.717) is 23.9 Å². The van der Waals surface area contributed by atoms with E-state index in [2.05, 4.69) is 10.4 Å². The summed E-state index contributed by atoms with van der Waals surface area (Å²) >= 11 is 5.89. The van der Waals surface area contributed by atoms with E-state index in [1.54, 1.807) is 30.3 Å². The first-order chi connectivity index (χ1) is 13.1. The average molecular weight is 384 g/mol. The largest absolute Gasteiger partial charge is 0.492 e. The first-order valence-corrected chi connectivity index (χ1v) is 8.78. The van der Waals surface area contributed by atoms with Gasteiger partial charge in [-0.2, -0.15) is 5.10 Å². The third-order valence-electron chi connectivity index (χ3n) is 3.74. The Hall–Kier alpha value is -3.12. The number of nitrogens with zero attached hydrogens (tertiary/aromatic N) is 2. The second-order valence-corrected chi connectivity index (χ2v) is 6.17. The molecule has 0 unspecified atom stereocenters. The molecular formula is C20H18ClN3O3. The molecule has 0 fully saturated rings. The maximum atomic E-state index is 12.1. The summed E-state index contributed by atoms with van der Waals surface area (Å²) in [5, 5.41) is 7.59. The smallest absolute Gasteiger partial charge is 0.267 e. The molecule has 1 N–H and O–H groups in total. The van der Waals surface area contributed by atoms with Crippen LogP contribution in [0.5, 0.6) is 5.75 Å². The minimum Gasteiger partial charge on any atom is -0.492 e. The number of nitrogens with one attached hydrogen (secondary N) is 1. The van der Waals surface area contributed by atoms with Crippen LogP contribution in [0.15, 0.2) is 71.5 Å². The molecule has 0 bridgehead atoms. The maximum absolute atomic E-state index is 12.1. The van der Waals surface area contributed by atoms with Crippen LogP contribution in [-0.4, -0.2) is 28.8 Å². The fourth-order valence-corrected chi connectivity index (χ4v) is 2.53. The van der Waals surface area contributed by atoms with Crippen molar-refractivity contribution in [1.29, 1.82) is 0 Å². The summed E-state index contributed by atoms with van der Waals surface area (Å²) in [6.07, 6.45) is 0. The minimum absolute atomic E-state index is 0.161. The summed E-state index contributed by atoms with van der Waals surface area (Å²) < 4.78 is 6.64. The van der Waals surface area contributed by atoms with E-state index in [1.165, 1.54) is 6.07 Å². The molecule has 1 heterocycles. The van der Waals surface area contributed by atoms with Crippen molar-refractivity contribution < 1.29 is 9.53 Å². The van der Waals surface area contributed by atoms with Crippen LogP contribution >= 0.6 is 11.6 Å². The SMILES string of the molecule is O=C(Cn1nc(-c2ccc(Cl)cc2)ccc1=O)NCCOc1ccccc1. The molecule has 138 valence electrons. The molecule has 2 aromatic carbocycles. The molecule has 0 aliphatic carbocycles. The highest BCUT2D eigenvalue weighted by Crippen LogP contribution is 2.18. The van der Waals surface area contributed by atoms with E-state index in [4.69, 9.17) is 16.3 Å². The van der Waals surface area contributed by atoms with Gasteiger partial charge in [-0.25, -0.2) is 4.68 Å². The van der Waals surface area contributed by atoms with E-state index in [1.807, 2.05) is 30.3 Å². The van der Waals surface area contributed by atoms with Gasteiger partial charge in [-0.3, -0.25) is 9.59 Å². The first kappa shape index (κ1) is 18.7. The van der Waals surface area contributed by atoms with Crippen molar-refractivity contribution in [2.75, 3.05) is 13.2 Å². The van der Waals surface area contributed by atoms with Crippen molar-refractivity contribution in [3.05, 3.63) is 82.1 Å². The Bertz CT molecular complexity index is 956. The molecule has 0 saturated carbocycles. The zero-order valence-electron chi connectivity index (χ0n) is 14.5. The highest BCUT2D eigenvalue weighted by Gasteiger charge is 2.08. The Balaban J connectivity index is 1.56. The molecule has 6 nitrogen and oxygen atoms in total. The van der Waals surface area contributed by atoms with Crippen LogP contribution < -0.4 is 15.6 Å². The average Bonchev–Trinajstić information content (AvgIpc) is 2.68. The maximum Gasteiger partial charge on any atom is 0.267 e. The Morgan fingerprint density at radius 3 is 2.52 bits per heavy atom. The number of hydrogen-bond donors (Lipinski definition) is 1. The second kappa shape index (κ2) is 9.00. The molecular weight excluding hydrogens is 366 g/mol. The van der Waals surface area contributed by atoms with Crippen molar-refractivity contribution in [2.45, 2.75) is 6.54 Å². The number of hydrogen-bond acceptors (Lipinski definition) is 4. The molecule has 27 heavy (non-hydrogen) atoms. The lowest BCUT2D eigenvalue weighted by molar-refractivity contribution is -0.122. The Morgan fingerprint density at radius 1 is 1.04 bits per heavy atom. The van der Waals surface area contributed by atoms with E-state index >= 15 is 0 Å². The van der Waals surface area contributed by atoms with E-state index in [0.717, 1.165) is 16.0 Å². The fourth-order valence-electron chi connectivity index (χ4n) is 2.40. The zero-order valence-corrected chi connectivity index (χ0v) is 15.2. The Labute approximate surface area is 161 Å². The van der Waals surface area contributed by atoms with Gasteiger partial charge in [-0.05, 0) is 30.3 Å². The molecule has 0 aliphatic heterocycles. The monoisotopic (exact) mass is 383 g/mol. The lowest BCUT2D eigenvalue weighted by Crippen LogP contribution is -2.35. The molecule has 1 aromatic heterocycles. The van der Waals surface area contributed by atoms with Crippen LogP contribution in [0.4, 0.5) is 0 Å². The van der Waals surface area contributed by atoms with Crippen LogP contribution in [0.2, 0.25) is 5.02 Å². The van der Waals surface area contributed by atoms with Gasteiger partial charge >= 0.3 is 0 Å². The van der Waals surface area contributed by atoms with Crippen LogP contribution in [0.1, 0.15) is 0 Å². The predicted molar refractivity (Wildman–Crippen MR) is 104 cm³/mol. The molecule has 0 atom stereocenters. The third kappa shape index (κ3) is 5.43. The van der Waals surface area contributed by atoms with Gasteiger partial charge < -0.3 is 10.1 Å². The van der Waals surface area contributed by atoms with Crippen molar-refractivity contribution in [3.8, 4) is 17.0 Å². The van der Waals surface area contributed by atoms with Crippen LogP contribution in [-0.2, 0) is 11.3 Å². The molecule has 0 saturated heterocycles. The number of para-hydroxylation sites is 1. The summed E-state index contributed by atoms with van der Waals surface area (Å²) in [6.45, 7) is 0.508. The molecule has 3 rings (SSSR count). The van der Waals surface area contributed by atoms with Gasteiger partial charge in [0.1, 0.15) is 18.9 Å². The highest BCUT2D eigenvalue weighted by molar-refractivity contribution is 6.30. The van der Waals surface area contributed by atoms with Gasteiger partial charge in [0.2, 0.25) is 5.91 Å². The third-order valence-corrected chi connectivity index (χ3v) is 3.99. The number of ether oxygens (including phenoxy) is 1. The molecule has 0 spiro atoms. The number of benzene rings is 2. The predicted octanol–water partition coefficient (Wildman–Crippen LogP) is 2.76. The van der Waals surface area contributed by atoms with Crippen LogP contribution in [0, 0.1) is 0 Å². The number of carbonyl (C=O) groups excluding carboxylic acids is 1. The normalized spacial score (nSPS) is 10.4. The molecule has 0 aliphatic rings. The van der Waals surface area contributed by atoms with Gasteiger partial charge in [-0.15, -0.1) is 0 Å². The first-order valence-electron chi connectivity index (χ1n) is 8.40. The second-order valence-electron chi connectivity index (χ2n) is 5.73. The number of amides is 1. The van der Waals surface area contributed by atoms with Crippen molar-refractivity contribution in [1.82, 2.24) is 15.1 Å². The molecule has 1 amide bonds. The van der Waals surface area contributed by atoms with Gasteiger partial charge in [0.25, 0.3) is 5.56 Å². The summed E-state index contributed by atoms with van der Waals surface area (Å²) in [5.41, 5.74) is 1.06. The van der Waals surface area contributed by atoms with Crippen molar-refractivity contribution in [3.63, 3.8) is 0 Å². The molecule has 7 heteroatoms. The number of aromatic nitrogens is 2. The minimum atomic E-state index is -0.344. The Morgan fingerprint density at radius 2 is 1.78 bits per heavy atom. The number of rotatable bonds is 7. The quantitative estimate of drug-likeness (QED) is 0.637. The number of halogens is 1. The van der Waals surface area contributed by atoms with Gasteiger partial charge in [-0.1, -0.05) is 41.9 Å². The van der Waals surface area contributed by atoms with Crippen molar-refractivity contribution >= 4 is 17.5 Å². The lowest BCUT2D eigenvalue weighted by atomic mass is 10.1. The Kier molecular flexibility index (Phi) is 6.22. The van der Waals surface area contributed by atoms with E-state index in [9.17, 15) is 9.59 Å². The highest BCUT2D eigenvalue weighted by atomic mass is 35.5. The van der Waals surface area contributed by atoms with Crippen LogP contribution in [0.3, 0.4) is 0 Å². The fraction of sp³-hybridized carbons (Fsp3) is 0.150. The lowest BCUT2D eigenvalue weighted by Gasteiger charge is -2.09. The summed E-state index contributed by atoms with van der Waals surface area (Å²) in [4.78, 5) is 24.1. The zero-order chi connectivity index (χ0) is 19.1. The molecule has 3 aromatic rings. The molecule has 0 radical (unpaired) electrons.